The van der Waals surface area contributed by atoms with Crippen LogP contribution in [-0.4, -0.2) is 24.5 Å². The zero-order valence-electron chi connectivity index (χ0n) is 25.4. The second kappa shape index (κ2) is 19.4. The topological polar surface area (TPSA) is 55.1 Å². The number of hydrogen-bond acceptors (Lipinski definition) is 3. The molecule has 0 atom stereocenters. The molecular weight excluding hydrogens is 494 g/mol. The summed E-state index contributed by atoms with van der Waals surface area (Å²) in [6, 6.07) is 14.6. The molecule has 1 aromatic heterocycles. The van der Waals surface area contributed by atoms with Crippen LogP contribution in [0.25, 0.3) is 22.1 Å². The number of amides is 1. The molecule has 0 aliphatic heterocycles. The Balaban J connectivity index is 1.21. The second-order valence-corrected chi connectivity index (χ2v) is 11.3. The molecule has 1 N–H and O–H groups in total. The van der Waals surface area contributed by atoms with Crippen molar-refractivity contribution in [1.29, 1.82) is 0 Å². The molecule has 0 aliphatic carbocycles. The number of fused-ring (bicyclic) bond motifs is 2. The Morgan fingerprint density at radius 2 is 1.32 bits per heavy atom. The van der Waals surface area contributed by atoms with E-state index in [1.807, 2.05) is 12.1 Å². The van der Waals surface area contributed by atoms with E-state index in [9.17, 15) is 4.79 Å². The number of ether oxygens (including phenoxy) is 1. The molecule has 3 rings (SSSR count). The molecule has 0 radical (unpaired) electrons. The van der Waals surface area contributed by atoms with Crippen LogP contribution in [-0.2, 0) is 11.3 Å². The Bertz CT molecular complexity index is 1130. The van der Waals surface area contributed by atoms with Crippen LogP contribution in [0.2, 0.25) is 0 Å². The van der Waals surface area contributed by atoms with E-state index in [0.717, 1.165) is 61.1 Å². The number of methoxy groups -OCH3 is 1. The van der Waals surface area contributed by atoms with Gasteiger partial charge < -0.3 is 10.1 Å². The molecule has 0 spiro atoms. The Morgan fingerprint density at radius 1 is 0.725 bits per heavy atom. The Hall–Kier alpha value is -2.69. The Morgan fingerprint density at radius 3 is 2.02 bits per heavy atom. The minimum atomic E-state index is 0.242. The van der Waals surface area contributed by atoms with Gasteiger partial charge in [0.05, 0.1) is 7.11 Å². The van der Waals surface area contributed by atoms with Crippen molar-refractivity contribution in [3.63, 3.8) is 0 Å². The van der Waals surface area contributed by atoms with Crippen LogP contribution in [0, 0.1) is 0 Å². The van der Waals surface area contributed by atoms with Crippen LogP contribution in [0.4, 0.5) is 0 Å². The lowest BCUT2D eigenvalue weighted by atomic mass is 10.1. The first kappa shape index (κ1) is 31.8. The first-order valence-corrected chi connectivity index (χ1v) is 16.3. The van der Waals surface area contributed by atoms with Gasteiger partial charge >= 0.3 is 0 Å². The number of carbonyl (C=O) groups excluding carboxylic acids is 1. The monoisotopic (exact) mass is 548 g/mol. The van der Waals surface area contributed by atoms with Crippen molar-refractivity contribution in [2.75, 3.05) is 13.7 Å². The van der Waals surface area contributed by atoms with Crippen LogP contribution < -0.4 is 14.6 Å². The van der Waals surface area contributed by atoms with Crippen molar-refractivity contribution >= 4 is 28.0 Å². The van der Waals surface area contributed by atoms with Gasteiger partial charge in [-0.15, -0.1) is 0 Å². The molecule has 3 aromatic rings. The number of aromatic nitrogens is 2. The predicted molar refractivity (Wildman–Crippen MR) is 168 cm³/mol. The summed E-state index contributed by atoms with van der Waals surface area (Å²) in [5, 5.41) is 3.12. The van der Waals surface area contributed by atoms with Crippen LogP contribution in [0.15, 0.2) is 42.5 Å². The molecule has 2 aromatic carbocycles. The molecular formula is C35H54N3O2+. The fourth-order valence-electron chi connectivity index (χ4n) is 5.65. The molecule has 0 unspecified atom stereocenters. The standard InChI is InChI=1S/C35H53N3O2/c1-3-4-5-6-7-9-12-15-20-28-36-34(39)27-17-14-11-8-10-13-16-21-29-38-31-24-19-18-23-30(31)37-35-32(38)25-22-26-33(35)40-2/h18-19,22-26H,3-17,20-21,27-29H2,1-2H3/p+1. The predicted octanol–water partition coefficient (Wildman–Crippen LogP) is 8.84. The lowest BCUT2D eigenvalue weighted by Crippen LogP contribution is -2.36. The highest BCUT2D eigenvalue weighted by molar-refractivity contribution is 5.85. The van der Waals surface area contributed by atoms with E-state index in [1.165, 1.54) is 89.0 Å². The van der Waals surface area contributed by atoms with Crippen LogP contribution in [0.5, 0.6) is 5.75 Å². The van der Waals surface area contributed by atoms with Gasteiger partial charge in [0.2, 0.25) is 16.9 Å². The van der Waals surface area contributed by atoms with Crippen molar-refractivity contribution in [2.24, 2.45) is 0 Å². The first-order valence-electron chi connectivity index (χ1n) is 16.3. The molecule has 1 amide bonds. The number of para-hydroxylation sites is 3. The molecule has 5 heteroatoms. The van der Waals surface area contributed by atoms with E-state index in [-0.39, 0.29) is 5.91 Å². The number of benzene rings is 2. The van der Waals surface area contributed by atoms with Gasteiger partial charge in [-0.25, -0.2) is 4.98 Å². The normalized spacial score (nSPS) is 11.3. The highest BCUT2D eigenvalue weighted by Crippen LogP contribution is 2.24. The van der Waals surface area contributed by atoms with Crippen LogP contribution >= 0.6 is 0 Å². The minimum Gasteiger partial charge on any atom is -0.494 e. The van der Waals surface area contributed by atoms with Gasteiger partial charge in [-0.3, -0.25) is 4.79 Å². The summed E-state index contributed by atoms with van der Waals surface area (Å²) in [5.74, 6) is 1.07. The highest BCUT2D eigenvalue weighted by Gasteiger charge is 2.18. The first-order chi connectivity index (χ1) is 19.7. The van der Waals surface area contributed by atoms with Crippen molar-refractivity contribution in [3.05, 3.63) is 42.5 Å². The van der Waals surface area contributed by atoms with E-state index in [2.05, 4.69) is 47.1 Å². The van der Waals surface area contributed by atoms with Gasteiger partial charge in [-0.2, -0.15) is 4.57 Å². The van der Waals surface area contributed by atoms with E-state index >= 15 is 0 Å². The minimum absolute atomic E-state index is 0.242. The number of aryl methyl sites for hydroxylation is 1. The summed E-state index contributed by atoms with van der Waals surface area (Å²) in [6.45, 7) is 4.11. The second-order valence-electron chi connectivity index (χ2n) is 11.3. The number of nitrogens with one attached hydrogen (secondary N) is 1. The lowest BCUT2D eigenvalue weighted by molar-refractivity contribution is -0.646. The number of unbranched alkanes of at least 4 members (excludes halogenated alkanes) is 15. The molecule has 220 valence electrons. The molecule has 1 heterocycles. The Labute approximate surface area is 243 Å². The summed E-state index contributed by atoms with van der Waals surface area (Å²) >= 11 is 0. The summed E-state index contributed by atoms with van der Waals surface area (Å²) in [4.78, 5) is 17.0. The van der Waals surface area contributed by atoms with Gasteiger partial charge in [-0.05, 0) is 31.4 Å². The Kier molecular flexibility index (Phi) is 15.4. The molecule has 0 saturated carbocycles. The van der Waals surface area contributed by atoms with Crippen LogP contribution in [0.3, 0.4) is 0 Å². The van der Waals surface area contributed by atoms with Crippen molar-refractivity contribution in [3.8, 4) is 5.75 Å². The van der Waals surface area contributed by atoms with Crippen molar-refractivity contribution in [2.45, 2.75) is 129 Å². The molecule has 0 aliphatic rings. The average molecular weight is 549 g/mol. The third-order valence-electron chi connectivity index (χ3n) is 8.03. The van der Waals surface area contributed by atoms with Gasteiger partial charge in [-0.1, -0.05) is 109 Å². The maximum Gasteiger partial charge on any atom is 0.235 e. The number of carbonyl (C=O) groups is 1. The van der Waals surface area contributed by atoms with Gasteiger partial charge in [0, 0.05) is 31.5 Å². The summed E-state index contributed by atoms with van der Waals surface area (Å²) in [5.41, 5.74) is 4.26. The molecule has 0 saturated heterocycles. The molecule has 0 bridgehead atoms. The summed E-state index contributed by atoms with van der Waals surface area (Å²) in [7, 11) is 1.71. The average Bonchev–Trinajstić information content (AvgIpc) is 2.98. The highest BCUT2D eigenvalue weighted by atomic mass is 16.5. The summed E-state index contributed by atoms with van der Waals surface area (Å²) < 4.78 is 7.99. The fourth-order valence-corrected chi connectivity index (χ4v) is 5.65. The van der Waals surface area contributed by atoms with Gasteiger partial charge in [0.1, 0.15) is 12.1 Å². The quantitative estimate of drug-likeness (QED) is 0.0775. The maximum absolute atomic E-state index is 12.1. The van der Waals surface area contributed by atoms with E-state index in [0.29, 0.717) is 6.42 Å². The largest absolute Gasteiger partial charge is 0.494 e. The lowest BCUT2D eigenvalue weighted by Gasteiger charge is -2.08. The van der Waals surface area contributed by atoms with E-state index in [4.69, 9.17) is 9.72 Å². The van der Waals surface area contributed by atoms with Gasteiger partial charge in [0.25, 0.3) is 0 Å². The van der Waals surface area contributed by atoms with Crippen molar-refractivity contribution in [1.82, 2.24) is 10.3 Å². The zero-order chi connectivity index (χ0) is 28.3. The fraction of sp³-hybridized carbons (Fsp3) is 0.629. The van der Waals surface area contributed by atoms with Crippen molar-refractivity contribution < 1.29 is 14.1 Å². The molecule has 0 fully saturated rings. The maximum atomic E-state index is 12.1. The third-order valence-corrected chi connectivity index (χ3v) is 8.03. The molecule has 40 heavy (non-hydrogen) atoms. The number of nitrogens with zero attached hydrogens (tertiary/aromatic N) is 2. The van der Waals surface area contributed by atoms with Crippen LogP contribution in [0.1, 0.15) is 122 Å². The SMILES string of the molecule is CCCCCCCCCCCNC(=O)CCCCCCCCCC[n+]1c2ccccc2nc2c(OC)cccc21. The number of hydrogen-bond donors (Lipinski definition) is 1. The third kappa shape index (κ3) is 11.1. The van der Waals surface area contributed by atoms with E-state index < -0.39 is 0 Å². The van der Waals surface area contributed by atoms with Gasteiger partial charge in [0.15, 0.2) is 11.3 Å². The number of rotatable bonds is 22. The van der Waals surface area contributed by atoms with E-state index in [1.54, 1.807) is 7.11 Å². The smallest absolute Gasteiger partial charge is 0.235 e. The molecule has 5 nitrogen and oxygen atoms in total. The zero-order valence-corrected chi connectivity index (χ0v) is 25.4. The summed E-state index contributed by atoms with van der Waals surface area (Å²) in [6.07, 6.45) is 22.2.